The molecule has 0 radical (unpaired) electrons. The molecule has 2 aromatic carbocycles. The summed E-state index contributed by atoms with van der Waals surface area (Å²) in [5.74, 6) is -0.259. The first-order chi connectivity index (χ1) is 12.7. The number of hydrogen-bond donors (Lipinski definition) is 1. The third-order valence-corrected chi connectivity index (χ3v) is 4.16. The highest BCUT2D eigenvalue weighted by molar-refractivity contribution is 6.00. The second kappa shape index (κ2) is 8.25. The van der Waals surface area contributed by atoms with Crippen molar-refractivity contribution < 1.29 is 4.79 Å². The van der Waals surface area contributed by atoms with Crippen molar-refractivity contribution in [2.24, 2.45) is 5.10 Å². The zero-order valence-corrected chi connectivity index (χ0v) is 15.0. The van der Waals surface area contributed by atoms with E-state index in [-0.39, 0.29) is 5.91 Å². The largest absolute Gasteiger partial charge is 0.275 e. The minimum Gasteiger partial charge on any atom is -0.267 e. The van der Waals surface area contributed by atoms with Crippen molar-refractivity contribution in [2.45, 2.75) is 26.7 Å². The van der Waals surface area contributed by atoms with E-state index in [4.69, 9.17) is 0 Å². The van der Waals surface area contributed by atoms with E-state index < -0.39 is 0 Å². The van der Waals surface area contributed by atoms with Crippen molar-refractivity contribution in [3.63, 3.8) is 0 Å². The Morgan fingerprint density at radius 3 is 2.23 bits per heavy atom. The minimum absolute atomic E-state index is 0.259. The van der Waals surface area contributed by atoms with Crippen molar-refractivity contribution >= 4 is 11.6 Å². The van der Waals surface area contributed by atoms with Crippen LogP contribution in [-0.4, -0.2) is 21.4 Å². The molecule has 0 atom stereocenters. The molecule has 0 fully saturated rings. The zero-order valence-electron chi connectivity index (χ0n) is 15.0. The first-order valence-corrected chi connectivity index (χ1v) is 8.79. The summed E-state index contributed by atoms with van der Waals surface area (Å²) in [6, 6.07) is 19.4. The van der Waals surface area contributed by atoms with Crippen molar-refractivity contribution in [1.29, 1.82) is 0 Å². The summed E-state index contributed by atoms with van der Waals surface area (Å²) in [5.41, 5.74) is 6.55. The van der Waals surface area contributed by atoms with Gasteiger partial charge in [0.15, 0.2) is 0 Å². The smallest absolute Gasteiger partial charge is 0.267 e. The van der Waals surface area contributed by atoms with E-state index in [1.807, 2.05) is 74.5 Å². The predicted molar refractivity (Wildman–Crippen MR) is 104 cm³/mol. The van der Waals surface area contributed by atoms with Crippen LogP contribution in [0.5, 0.6) is 0 Å². The number of amides is 1. The normalized spacial score (nSPS) is 10.4. The highest BCUT2D eigenvalue weighted by Crippen LogP contribution is 2.23. The fourth-order valence-electron chi connectivity index (χ4n) is 2.66. The van der Waals surface area contributed by atoms with Crippen LogP contribution in [0.15, 0.2) is 72.0 Å². The van der Waals surface area contributed by atoms with Crippen LogP contribution in [0.4, 0.5) is 0 Å². The van der Waals surface area contributed by atoms with E-state index in [9.17, 15) is 4.79 Å². The fourth-order valence-corrected chi connectivity index (χ4v) is 2.66. The molecule has 0 saturated heterocycles. The number of nitrogens with zero attached hydrogens (tertiary/aromatic N) is 3. The van der Waals surface area contributed by atoms with Crippen LogP contribution in [0.3, 0.4) is 0 Å². The number of carbonyl (C=O) groups excluding carboxylic acids is 1. The predicted octanol–water partition coefficient (Wildman–Crippen LogP) is 4.45. The van der Waals surface area contributed by atoms with E-state index in [0.29, 0.717) is 11.3 Å². The van der Waals surface area contributed by atoms with Gasteiger partial charge in [-0.1, -0.05) is 62.4 Å². The quantitative estimate of drug-likeness (QED) is 0.530. The van der Waals surface area contributed by atoms with Crippen molar-refractivity contribution in [3.05, 3.63) is 72.4 Å². The third-order valence-electron chi connectivity index (χ3n) is 4.16. The number of para-hydroxylation sites is 1. The Hall–Kier alpha value is -3.21. The number of aromatic nitrogens is 2. The molecule has 1 aromatic heterocycles. The minimum atomic E-state index is -0.259. The SMILES string of the molecule is CCC(CC)=NNC(=O)c1cn(-c2ccccc2)nc1-c1ccccc1. The van der Waals surface area contributed by atoms with E-state index in [0.717, 1.165) is 29.8 Å². The Morgan fingerprint density at radius 1 is 1.00 bits per heavy atom. The lowest BCUT2D eigenvalue weighted by molar-refractivity contribution is 0.0955. The molecule has 26 heavy (non-hydrogen) atoms. The van der Waals surface area contributed by atoms with Gasteiger partial charge in [-0.05, 0) is 25.0 Å². The van der Waals surface area contributed by atoms with E-state index >= 15 is 0 Å². The van der Waals surface area contributed by atoms with Gasteiger partial charge in [-0.2, -0.15) is 10.2 Å². The van der Waals surface area contributed by atoms with Gasteiger partial charge < -0.3 is 0 Å². The van der Waals surface area contributed by atoms with Gasteiger partial charge in [-0.15, -0.1) is 0 Å². The zero-order chi connectivity index (χ0) is 18.4. The van der Waals surface area contributed by atoms with Crippen LogP contribution in [0.25, 0.3) is 16.9 Å². The lowest BCUT2D eigenvalue weighted by Crippen LogP contribution is -2.19. The summed E-state index contributed by atoms with van der Waals surface area (Å²) >= 11 is 0. The lowest BCUT2D eigenvalue weighted by atomic mass is 10.1. The Balaban J connectivity index is 2.01. The van der Waals surface area contributed by atoms with E-state index in [2.05, 4.69) is 15.6 Å². The average molecular weight is 346 g/mol. The molecule has 0 saturated carbocycles. The van der Waals surface area contributed by atoms with Crippen LogP contribution >= 0.6 is 0 Å². The number of carbonyl (C=O) groups is 1. The number of hydrogen-bond acceptors (Lipinski definition) is 3. The summed E-state index contributed by atoms with van der Waals surface area (Å²) in [6.45, 7) is 4.05. The Labute approximate surface area is 153 Å². The van der Waals surface area contributed by atoms with Gasteiger partial charge in [-0.25, -0.2) is 10.1 Å². The van der Waals surface area contributed by atoms with Gasteiger partial charge in [0.2, 0.25) is 0 Å². The molecule has 0 spiro atoms. The number of hydrazone groups is 1. The number of nitrogens with one attached hydrogen (secondary N) is 1. The van der Waals surface area contributed by atoms with Crippen LogP contribution in [0, 0.1) is 0 Å². The lowest BCUT2D eigenvalue weighted by Gasteiger charge is -2.03. The molecule has 5 nitrogen and oxygen atoms in total. The number of benzene rings is 2. The van der Waals surface area contributed by atoms with E-state index in [1.165, 1.54) is 0 Å². The maximum atomic E-state index is 12.7. The molecular weight excluding hydrogens is 324 g/mol. The molecule has 0 bridgehead atoms. The summed E-state index contributed by atoms with van der Waals surface area (Å²) in [7, 11) is 0. The summed E-state index contributed by atoms with van der Waals surface area (Å²) in [6.07, 6.45) is 3.37. The molecule has 0 aliphatic rings. The standard InChI is InChI=1S/C21H22N4O/c1-3-17(4-2)22-23-21(26)19-15-25(18-13-9-6-10-14-18)24-20(19)16-11-7-5-8-12-16/h5-15H,3-4H2,1-2H3,(H,23,26). The molecule has 0 aliphatic carbocycles. The molecule has 3 rings (SSSR count). The van der Waals surface area contributed by atoms with Crippen LogP contribution < -0.4 is 5.43 Å². The second-order valence-electron chi connectivity index (χ2n) is 5.86. The third kappa shape index (κ3) is 3.88. The Morgan fingerprint density at radius 2 is 1.62 bits per heavy atom. The monoisotopic (exact) mass is 346 g/mol. The van der Waals surface area contributed by atoms with Gasteiger partial charge in [0.05, 0.1) is 11.3 Å². The first-order valence-electron chi connectivity index (χ1n) is 8.79. The fraction of sp³-hybridized carbons (Fsp3) is 0.190. The average Bonchev–Trinajstić information content (AvgIpc) is 3.15. The topological polar surface area (TPSA) is 59.3 Å². The van der Waals surface area contributed by atoms with Gasteiger partial charge in [0.25, 0.3) is 5.91 Å². The summed E-state index contributed by atoms with van der Waals surface area (Å²) in [5, 5.41) is 8.88. The maximum absolute atomic E-state index is 12.7. The van der Waals surface area contributed by atoms with Gasteiger partial charge in [0, 0.05) is 17.5 Å². The molecule has 132 valence electrons. The van der Waals surface area contributed by atoms with Crippen LogP contribution in [-0.2, 0) is 0 Å². The van der Waals surface area contributed by atoms with Crippen molar-refractivity contribution in [1.82, 2.24) is 15.2 Å². The van der Waals surface area contributed by atoms with Crippen molar-refractivity contribution in [2.75, 3.05) is 0 Å². The highest BCUT2D eigenvalue weighted by atomic mass is 16.2. The highest BCUT2D eigenvalue weighted by Gasteiger charge is 2.18. The number of rotatable bonds is 6. The molecule has 3 aromatic rings. The molecular formula is C21H22N4O. The van der Waals surface area contributed by atoms with Gasteiger partial charge in [-0.3, -0.25) is 4.79 Å². The van der Waals surface area contributed by atoms with Crippen molar-refractivity contribution in [3.8, 4) is 16.9 Å². The molecule has 0 unspecified atom stereocenters. The Kier molecular flexibility index (Phi) is 5.59. The molecule has 0 aliphatic heterocycles. The van der Waals surface area contributed by atoms with Gasteiger partial charge in [0.1, 0.15) is 5.69 Å². The van der Waals surface area contributed by atoms with Crippen LogP contribution in [0.1, 0.15) is 37.0 Å². The van der Waals surface area contributed by atoms with Gasteiger partial charge >= 0.3 is 0 Å². The first kappa shape index (κ1) is 17.6. The summed E-state index contributed by atoms with van der Waals surface area (Å²) < 4.78 is 1.72. The molecule has 1 amide bonds. The molecule has 1 heterocycles. The molecule has 5 heteroatoms. The second-order valence-corrected chi connectivity index (χ2v) is 5.86. The van der Waals surface area contributed by atoms with E-state index in [1.54, 1.807) is 10.9 Å². The maximum Gasteiger partial charge on any atom is 0.275 e. The van der Waals surface area contributed by atoms with Crippen LogP contribution in [0.2, 0.25) is 0 Å². The summed E-state index contributed by atoms with van der Waals surface area (Å²) in [4.78, 5) is 12.7. The Bertz CT molecular complexity index is 892. The molecule has 1 N–H and O–H groups in total.